The van der Waals surface area contributed by atoms with Crippen LogP contribution in [0.15, 0.2) is 36.4 Å². The minimum absolute atomic E-state index is 0.140. The predicted molar refractivity (Wildman–Crippen MR) is 88.0 cm³/mol. The van der Waals surface area contributed by atoms with Crippen LogP contribution in [0.4, 0.5) is 10.3 Å². The van der Waals surface area contributed by atoms with Gasteiger partial charge in [-0.05, 0) is 24.3 Å². The summed E-state index contributed by atoms with van der Waals surface area (Å²) in [5.74, 6) is -0.578. The average Bonchev–Trinajstić information content (AvgIpc) is 2.84. The fourth-order valence-corrected chi connectivity index (χ4v) is 2.57. The van der Waals surface area contributed by atoms with E-state index in [4.69, 9.17) is 17.3 Å². The van der Waals surface area contributed by atoms with Gasteiger partial charge in [-0.1, -0.05) is 23.7 Å². The Bertz CT molecular complexity index is 906. The van der Waals surface area contributed by atoms with Crippen LogP contribution in [0.2, 0.25) is 5.02 Å². The number of para-hydroxylation sites is 1. The molecule has 1 amide bonds. The van der Waals surface area contributed by atoms with Crippen LogP contribution in [0.25, 0.3) is 11.0 Å². The number of aryl methyl sites for hydroxylation is 1. The molecule has 1 heterocycles. The summed E-state index contributed by atoms with van der Waals surface area (Å²) in [7, 11) is 1.85. The highest BCUT2D eigenvalue weighted by molar-refractivity contribution is 6.35. The van der Waals surface area contributed by atoms with Gasteiger partial charge in [-0.25, -0.2) is 9.37 Å². The van der Waals surface area contributed by atoms with Crippen LogP contribution in [-0.2, 0) is 13.6 Å². The molecule has 0 spiro atoms. The molecule has 0 bridgehead atoms. The average molecular weight is 333 g/mol. The maximum atomic E-state index is 14.0. The third kappa shape index (κ3) is 2.85. The number of carbonyl (C=O) groups is 1. The number of nitrogens with two attached hydrogens (primary N) is 1. The third-order valence-corrected chi connectivity index (χ3v) is 3.94. The number of hydrogen-bond acceptors (Lipinski definition) is 3. The van der Waals surface area contributed by atoms with Crippen molar-refractivity contribution in [2.75, 3.05) is 5.32 Å². The molecule has 0 unspecified atom stereocenters. The molecular formula is C16H14ClFN4O. The van der Waals surface area contributed by atoms with Crippen molar-refractivity contribution in [1.82, 2.24) is 9.55 Å². The van der Waals surface area contributed by atoms with Crippen molar-refractivity contribution in [2.24, 2.45) is 12.8 Å². The molecule has 118 valence electrons. The Morgan fingerprint density at radius 3 is 2.83 bits per heavy atom. The van der Waals surface area contributed by atoms with E-state index in [9.17, 15) is 9.18 Å². The van der Waals surface area contributed by atoms with Gasteiger partial charge in [-0.3, -0.25) is 4.79 Å². The highest BCUT2D eigenvalue weighted by Crippen LogP contribution is 2.25. The van der Waals surface area contributed by atoms with E-state index in [0.717, 1.165) is 11.6 Å². The molecular weight excluding hydrogens is 319 g/mol. The monoisotopic (exact) mass is 332 g/mol. The Morgan fingerprint density at radius 1 is 1.39 bits per heavy atom. The van der Waals surface area contributed by atoms with E-state index in [1.807, 2.05) is 23.7 Å². The number of aromatic nitrogens is 2. The quantitative estimate of drug-likeness (QED) is 0.771. The first-order valence-electron chi connectivity index (χ1n) is 6.90. The first-order valence-corrected chi connectivity index (χ1v) is 7.28. The Balaban J connectivity index is 1.85. The Labute approximate surface area is 136 Å². The molecule has 3 N–H and O–H groups in total. The van der Waals surface area contributed by atoms with E-state index in [0.29, 0.717) is 22.1 Å². The maximum Gasteiger partial charge on any atom is 0.248 e. The number of amides is 1. The van der Waals surface area contributed by atoms with Crippen molar-refractivity contribution < 1.29 is 9.18 Å². The van der Waals surface area contributed by atoms with E-state index in [1.54, 1.807) is 6.07 Å². The molecule has 1 aromatic heterocycles. The minimum atomic E-state index is -0.659. The van der Waals surface area contributed by atoms with Crippen LogP contribution >= 0.6 is 11.6 Å². The molecule has 0 aliphatic carbocycles. The molecule has 0 aliphatic rings. The van der Waals surface area contributed by atoms with Crippen LogP contribution in [-0.4, -0.2) is 15.5 Å². The van der Waals surface area contributed by atoms with Crippen LogP contribution < -0.4 is 11.1 Å². The second-order valence-corrected chi connectivity index (χ2v) is 5.53. The summed E-state index contributed by atoms with van der Waals surface area (Å²) in [5, 5.41) is 3.63. The molecule has 23 heavy (non-hydrogen) atoms. The second kappa shape index (κ2) is 5.89. The van der Waals surface area contributed by atoms with E-state index in [1.165, 1.54) is 12.1 Å². The van der Waals surface area contributed by atoms with E-state index < -0.39 is 11.7 Å². The highest BCUT2D eigenvalue weighted by Gasteiger charge is 2.11. The fraction of sp³-hybridized carbons (Fsp3) is 0.125. The summed E-state index contributed by atoms with van der Waals surface area (Å²) in [6, 6.07) is 9.67. The van der Waals surface area contributed by atoms with E-state index in [-0.39, 0.29) is 12.1 Å². The van der Waals surface area contributed by atoms with Crippen molar-refractivity contribution >= 4 is 34.5 Å². The maximum absolute atomic E-state index is 14.0. The molecule has 0 radical (unpaired) electrons. The Kier molecular flexibility index (Phi) is 3.92. The number of hydrogen-bond donors (Lipinski definition) is 2. The number of nitrogens with zero attached hydrogens (tertiary/aromatic N) is 2. The van der Waals surface area contributed by atoms with Gasteiger partial charge in [0.1, 0.15) is 11.3 Å². The molecule has 0 saturated heterocycles. The van der Waals surface area contributed by atoms with Gasteiger partial charge in [0.15, 0.2) is 0 Å². The molecule has 0 atom stereocenters. The molecule has 0 aliphatic heterocycles. The summed E-state index contributed by atoms with van der Waals surface area (Å²) in [6.07, 6.45) is 0. The predicted octanol–water partition coefficient (Wildman–Crippen LogP) is 3.08. The standard InChI is InChI=1S/C16H14ClFN4O/c1-22-13-4-2-3-11(17)14(13)21-16(22)20-8-10-6-5-9(15(19)23)7-12(10)18/h2-7H,8H2,1H3,(H2,19,23)(H,20,21). The zero-order chi connectivity index (χ0) is 16.6. The molecule has 3 rings (SSSR count). The lowest BCUT2D eigenvalue weighted by atomic mass is 10.1. The zero-order valence-electron chi connectivity index (χ0n) is 12.3. The number of anilines is 1. The Morgan fingerprint density at radius 2 is 2.17 bits per heavy atom. The van der Waals surface area contributed by atoms with Crippen molar-refractivity contribution in [3.8, 4) is 0 Å². The van der Waals surface area contributed by atoms with Gasteiger partial charge in [-0.15, -0.1) is 0 Å². The van der Waals surface area contributed by atoms with Crippen molar-refractivity contribution in [3.63, 3.8) is 0 Å². The molecule has 0 fully saturated rings. The number of carbonyl (C=O) groups excluding carboxylic acids is 1. The van der Waals surface area contributed by atoms with Gasteiger partial charge in [0.05, 0.1) is 10.5 Å². The summed E-state index contributed by atoms with van der Waals surface area (Å²) >= 11 is 6.12. The zero-order valence-corrected chi connectivity index (χ0v) is 13.1. The lowest BCUT2D eigenvalue weighted by molar-refractivity contribution is 0.1000. The summed E-state index contributed by atoms with van der Waals surface area (Å²) in [5.41, 5.74) is 7.24. The van der Waals surface area contributed by atoms with Crippen LogP contribution in [0, 0.1) is 5.82 Å². The van der Waals surface area contributed by atoms with E-state index >= 15 is 0 Å². The number of benzene rings is 2. The summed E-state index contributed by atoms with van der Waals surface area (Å²) < 4.78 is 15.8. The van der Waals surface area contributed by atoms with Gasteiger partial charge in [-0.2, -0.15) is 0 Å². The lowest BCUT2D eigenvalue weighted by Gasteiger charge is -2.08. The van der Waals surface area contributed by atoms with Crippen LogP contribution in [0.1, 0.15) is 15.9 Å². The number of primary amides is 1. The lowest BCUT2D eigenvalue weighted by Crippen LogP contribution is -2.12. The number of nitrogens with one attached hydrogen (secondary N) is 1. The SMILES string of the molecule is Cn1c(NCc2ccc(C(N)=O)cc2F)nc2c(Cl)cccc21. The van der Waals surface area contributed by atoms with Gasteiger partial charge in [0.25, 0.3) is 0 Å². The van der Waals surface area contributed by atoms with Crippen molar-refractivity contribution in [3.05, 3.63) is 58.4 Å². The number of rotatable bonds is 4. The van der Waals surface area contributed by atoms with Crippen molar-refractivity contribution in [2.45, 2.75) is 6.54 Å². The fourth-order valence-electron chi connectivity index (χ4n) is 2.36. The molecule has 2 aromatic carbocycles. The first-order chi connectivity index (χ1) is 11.0. The van der Waals surface area contributed by atoms with Crippen LogP contribution in [0.5, 0.6) is 0 Å². The number of imidazole rings is 1. The van der Waals surface area contributed by atoms with Crippen LogP contribution in [0.3, 0.4) is 0 Å². The molecule has 0 saturated carbocycles. The normalized spacial score (nSPS) is 10.9. The Hall–Kier alpha value is -2.60. The largest absolute Gasteiger partial charge is 0.366 e. The third-order valence-electron chi connectivity index (χ3n) is 3.64. The van der Waals surface area contributed by atoms with E-state index in [2.05, 4.69) is 10.3 Å². The van der Waals surface area contributed by atoms with Gasteiger partial charge in [0.2, 0.25) is 11.9 Å². The van der Waals surface area contributed by atoms with Crippen molar-refractivity contribution in [1.29, 1.82) is 0 Å². The van der Waals surface area contributed by atoms with Gasteiger partial charge in [0, 0.05) is 24.7 Å². The summed E-state index contributed by atoms with van der Waals surface area (Å²) in [4.78, 5) is 15.5. The molecule has 7 heteroatoms. The molecule has 5 nitrogen and oxygen atoms in total. The smallest absolute Gasteiger partial charge is 0.248 e. The molecule has 3 aromatic rings. The van der Waals surface area contributed by atoms with Gasteiger partial charge >= 0.3 is 0 Å². The second-order valence-electron chi connectivity index (χ2n) is 5.13. The number of halogens is 2. The topological polar surface area (TPSA) is 72.9 Å². The minimum Gasteiger partial charge on any atom is -0.366 e. The number of fused-ring (bicyclic) bond motifs is 1. The summed E-state index contributed by atoms with van der Waals surface area (Å²) in [6.45, 7) is 0.222. The highest BCUT2D eigenvalue weighted by atomic mass is 35.5. The first kappa shape index (κ1) is 15.3. The van der Waals surface area contributed by atoms with Gasteiger partial charge < -0.3 is 15.6 Å².